The van der Waals surface area contributed by atoms with E-state index >= 15 is 0 Å². The Balaban J connectivity index is 3.09. The number of hydrogen-bond acceptors (Lipinski definition) is 2. The van der Waals surface area contributed by atoms with Gasteiger partial charge in [0.05, 0.1) is 5.03 Å². The molecule has 0 saturated heterocycles. The fourth-order valence-electron chi connectivity index (χ4n) is 0.473. The number of hydrogen-bond donors (Lipinski definition) is 1. The highest BCUT2D eigenvalue weighted by Gasteiger charge is 1.88. The van der Waals surface area contributed by atoms with Crippen molar-refractivity contribution in [2.24, 2.45) is 0 Å². The first-order valence-electron chi connectivity index (χ1n) is 2.15. The molecule has 0 radical (unpaired) electrons. The minimum absolute atomic E-state index is 0.667. The van der Waals surface area contributed by atoms with Crippen molar-refractivity contribution >= 4 is 19.0 Å². The molecular weight excluding hydrogens is 122 g/mol. The van der Waals surface area contributed by atoms with E-state index in [4.69, 9.17) is 0 Å². The Morgan fingerprint density at radius 3 is 2.75 bits per heavy atom. The molecule has 0 aliphatic rings. The maximum absolute atomic E-state index is 10.0. The van der Waals surface area contributed by atoms with Gasteiger partial charge in [-0.25, -0.2) is 0 Å². The number of rotatable bonds is 1. The summed E-state index contributed by atoms with van der Waals surface area (Å²) >= 11 is 3.96. The van der Waals surface area contributed by atoms with Crippen molar-refractivity contribution in [3.8, 4) is 0 Å². The first-order chi connectivity index (χ1) is 3.84. The number of thiol groups is 1. The summed E-state index contributed by atoms with van der Waals surface area (Å²) in [6.45, 7) is 0. The molecule has 0 amide bonds. The van der Waals surface area contributed by atoms with Crippen molar-refractivity contribution in [2.75, 3.05) is 0 Å². The molecule has 42 valence electrons. The van der Waals surface area contributed by atoms with E-state index in [1.807, 2.05) is 0 Å². The van der Waals surface area contributed by atoms with E-state index in [0.717, 1.165) is 0 Å². The summed E-state index contributed by atoms with van der Waals surface area (Å²) in [6, 6.07) is 3.51. The lowest BCUT2D eigenvalue weighted by Gasteiger charge is -1.87. The quantitative estimate of drug-likeness (QED) is 0.437. The Morgan fingerprint density at radius 1 is 1.75 bits per heavy atom. The molecule has 0 fully saturated rings. The second-order valence-electron chi connectivity index (χ2n) is 1.38. The van der Waals surface area contributed by atoms with Crippen LogP contribution in [0.1, 0.15) is 0 Å². The summed E-state index contributed by atoms with van der Waals surface area (Å²) in [4.78, 5) is 10.0. The Bertz CT molecular complexity index is 194. The molecule has 0 aliphatic carbocycles. The molecule has 2 nitrogen and oxygen atoms in total. The third-order valence-electron chi connectivity index (χ3n) is 0.870. The smallest absolute Gasteiger partial charge is 0.218 e. The second kappa shape index (κ2) is 2.05. The maximum Gasteiger partial charge on any atom is 0.218 e. The molecule has 1 rings (SSSR count). The van der Waals surface area contributed by atoms with Crippen LogP contribution in [0.5, 0.6) is 0 Å². The molecule has 0 atom stereocenters. The third kappa shape index (κ3) is 0.767. The summed E-state index contributed by atoms with van der Waals surface area (Å²) in [6.07, 6.45) is 2.36. The molecule has 0 unspecified atom stereocenters. The van der Waals surface area contributed by atoms with E-state index in [2.05, 4.69) is 12.6 Å². The highest BCUT2D eigenvalue weighted by molar-refractivity contribution is 7.80. The van der Waals surface area contributed by atoms with Crippen molar-refractivity contribution in [1.82, 2.24) is 4.57 Å². The molecule has 1 heterocycles. The Labute approximate surface area is 52.5 Å². The Morgan fingerprint density at radius 2 is 2.50 bits per heavy atom. The second-order valence-corrected chi connectivity index (χ2v) is 1.84. The van der Waals surface area contributed by atoms with Crippen molar-refractivity contribution in [3.63, 3.8) is 0 Å². The molecule has 1 aromatic heterocycles. The third-order valence-corrected chi connectivity index (χ3v) is 1.25. The highest BCUT2D eigenvalue weighted by atomic mass is 32.1. The van der Waals surface area contributed by atoms with E-state index in [-0.39, 0.29) is 0 Å². The number of carbonyl (C=O) groups excluding carboxylic acids is 1. The summed E-state index contributed by atoms with van der Waals surface area (Å²) in [7, 11) is 0. The number of carbonyl (C=O) groups is 1. The zero-order valence-electron chi connectivity index (χ0n) is 4.11. The fraction of sp³-hybridized carbons (Fsp3) is 0. The summed E-state index contributed by atoms with van der Waals surface area (Å²) in [5.74, 6) is 0. The van der Waals surface area contributed by atoms with Crippen LogP contribution < -0.4 is 0 Å². The molecule has 0 bridgehead atoms. The van der Waals surface area contributed by atoms with Gasteiger partial charge in [0.2, 0.25) is 6.41 Å². The SMILES string of the molecule is O=Cn1cccc1S. The maximum atomic E-state index is 10.0. The van der Waals surface area contributed by atoms with Crippen LogP contribution in [0.15, 0.2) is 23.4 Å². The topological polar surface area (TPSA) is 22.0 Å². The predicted octanol–water partition coefficient (Wildman–Crippen LogP) is 0.815. The van der Waals surface area contributed by atoms with Gasteiger partial charge in [-0.3, -0.25) is 9.36 Å². The standard InChI is InChI=1S/C5H5NOS/c7-4-6-3-1-2-5(6)8/h1-4,8H. The molecule has 8 heavy (non-hydrogen) atoms. The minimum atomic E-state index is 0.667. The van der Waals surface area contributed by atoms with Crippen LogP contribution in [0, 0.1) is 0 Å². The van der Waals surface area contributed by atoms with Crippen LogP contribution in [0.4, 0.5) is 0 Å². The van der Waals surface area contributed by atoms with Gasteiger partial charge in [-0.05, 0) is 12.1 Å². The highest BCUT2D eigenvalue weighted by Crippen LogP contribution is 2.02. The van der Waals surface area contributed by atoms with Gasteiger partial charge in [0, 0.05) is 6.20 Å². The van der Waals surface area contributed by atoms with Gasteiger partial charge >= 0.3 is 0 Å². The lowest BCUT2D eigenvalue weighted by Crippen LogP contribution is -1.90. The van der Waals surface area contributed by atoms with Crippen LogP contribution in [0.2, 0.25) is 0 Å². The average Bonchev–Trinajstić information content (AvgIpc) is 2.14. The Kier molecular flexibility index (Phi) is 1.39. The van der Waals surface area contributed by atoms with Crippen LogP contribution in [-0.2, 0) is 4.79 Å². The number of nitrogens with zero attached hydrogens (tertiary/aromatic N) is 1. The van der Waals surface area contributed by atoms with E-state index < -0.39 is 0 Å². The zero-order valence-corrected chi connectivity index (χ0v) is 5.01. The van der Waals surface area contributed by atoms with Crippen LogP contribution >= 0.6 is 12.6 Å². The van der Waals surface area contributed by atoms with Crippen LogP contribution in [0.25, 0.3) is 0 Å². The van der Waals surface area contributed by atoms with Crippen molar-refractivity contribution in [1.29, 1.82) is 0 Å². The summed E-state index contributed by atoms with van der Waals surface area (Å²) in [5, 5.41) is 0.667. The normalized spacial score (nSPS) is 9.12. The van der Waals surface area contributed by atoms with Gasteiger partial charge in [0.15, 0.2) is 0 Å². The molecule has 1 aromatic rings. The van der Waals surface area contributed by atoms with Crippen molar-refractivity contribution in [2.45, 2.75) is 5.03 Å². The van der Waals surface area contributed by atoms with Gasteiger partial charge in [-0.1, -0.05) is 0 Å². The van der Waals surface area contributed by atoms with Gasteiger partial charge < -0.3 is 0 Å². The van der Waals surface area contributed by atoms with Gasteiger partial charge in [0.25, 0.3) is 0 Å². The van der Waals surface area contributed by atoms with Crippen molar-refractivity contribution in [3.05, 3.63) is 18.3 Å². The average molecular weight is 127 g/mol. The molecule has 0 aliphatic heterocycles. The van der Waals surface area contributed by atoms with Gasteiger partial charge in [0.1, 0.15) is 0 Å². The monoisotopic (exact) mass is 127 g/mol. The summed E-state index contributed by atoms with van der Waals surface area (Å²) < 4.78 is 1.39. The molecule has 0 saturated carbocycles. The predicted molar refractivity (Wildman–Crippen MR) is 33.8 cm³/mol. The largest absolute Gasteiger partial charge is 0.285 e. The van der Waals surface area contributed by atoms with E-state index in [0.29, 0.717) is 11.4 Å². The van der Waals surface area contributed by atoms with Gasteiger partial charge in [-0.15, -0.1) is 12.6 Å². The lowest BCUT2D eigenvalue weighted by atomic mass is 10.7. The molecule has 0 N–H and O–H groups in total. The van der Waals surface area contributed by atoms with Crippen LogP contribution in [0.3, 0.4) is 0 Å². The molecule has 0 aromatic carbocycles. The van der Waals surface area contributed by atoms with E-state index in [1.54, 1.807) is 18.3 Å². The minimum Gasteiger partial charge on any atom is -0.285 e. The van der Waals surface area contributed by atoms with E-state index in [9.17, 15) is 4.79 Å². The first-order valence-corrected chi connectivity index (χ1v) is 2.60. The molecular formula is C5H5NOS. The molecule has 3 heteroatoms. The van der Waals surface area contributed by atoms with Crippen molar-refractivity contribution < 1.29 is 4.79 Å². The molecule has 0 spiro atoms. The lowest BCUT2D eigenvalue weighted by molar-refractivity contribution is 0.544. The van der Waals surface area contributed by atoms with Crippen LogP contribution in [-0.4, -0.2) is 11.0 Å². The zero-order chi connectivity index (χ0) is 5.98. The van der Waals surface area contributed by atoms with Gasteiger partial charge in [-0.2, -0.15) is 0 Å². The summed E-state index contributed by atoms with van der Waals surface area (Å²) in [5.41, 5.74) is 0. The number of aromatic nitrogens is 1. The van der Waals surface area contributed by atoms with E-state index in [1.165, 1.54) is 4.57 Å². The fourth-order valence-corrected chi connectivity index (χ4v) is 0.673. The first kappa shape index (κ1) is 5.44. The Hall–Kier alpha value is -0.700.